The van der Waals surface area contributed by atoms with Gasteiger partial charge in [0.15, 0.2) is 5.82 Å². The highest BCUT2D eigenvalue weighted by Gasteiger charge is 2.44. The molecule has 1 saturated heterocycles. The summed E-state index contributed by atoms with van der Waals surface area (Å²) in [5.41, 5.74) is 0. The van der Waals surface area contributed by atoms with Crippen LogP contribution in [0.2, 0.25) is 0 Å². The highest BCUT2D eigenvalue weighted by Crippen LogP contribution is 2.40. The molecule has 1 aliphatic carbocycles. The number of nitrogens with zero attached hydrogens (tertiary/aromatic N) is 5. The Bertz CT molecular complexity index is 456. The van der Waals surface area contributed by atoms with Crippen LogP contribution in [0.3, 0.4) is 0 Å². The van der Waals surface area contributed by atoms with E-state index in [9.17, 15) is 9.90 Å². The van der Waals surface area contributed by atoms with Gasteiger partial charge in [0.25, 0.3) is 0 Å². The van der Waals surface area contributed by atoms with Crippen LogP contribution in [0.1, 0.15) is 37.5 Å². The summed E-state index contributed by atoms with van der Waals surface area (Å²) in [5.74, 6) is 1.01. The van der Waals surface area contributed by atoms with E-state index < -0.39 is 0 Å². The van der Waals surface area contributed by atoms with Crippen molar-refractivity contribution in [1.29, 1.82) is 0 Å². The van der Waals surface area contributed by atoms with Gasteiger partial charge in [-0.3, -0.25) is 4.79 Å². The third-order valence-electron chi connectivity index (χ3n) is 3.85. The van der Waals surface area contributed by atoms with E-state index >= 15 is 0 Å². The molecule has 7 nitrogen and oxygen atoms in total. The Morgan fingerprint density at radius 1 is 1.39 bits per heavy atom. The second-order valence-electron chi connectivity index (χ2n) is 5.11. The van der Waals surface area contributed by atoms with Crippen molar-refractivity contribution in [2.24, 2.45) is 13.0 Å². The summed E-state index contributed by atoms with van der Waals surface area (Å²) >= 11 is 0. The number of aryl methyl sites for hydroxylation is 1. The van der Waals surface area contributed by atoms with Crippen LogP contribution in [0, 0.1) is 5.92 Å². The predicted octanol–water partition coefficient (Wildman–Crippen LogP) is -0.356. The molecule has 2 heterocycles. The van der Waals surface area contributed by atoms with Crippen LogP contribution < -0.4 is 0 Å². The minimum atomic E-state index is -0.0877. The summed E-state index contributed by atoms with van der Waals surface area (Å²) in [7, 11) is 1.78. The molecule has 1 N–H and O–H groups in total. The van der Waals surface area contributed by atoms with E-state index in [2.05, 4.69) is 15.5 Å². The lowest BCUT2D eigenvalue weighted by Crippen LogP contribution is -2.40. The van der Waals surface area contributed by atoms with Gasteiger partial charge in [-0.1, -0.05) is 0 Å². The van der Waals surface area contributed by atoms with Crippen molar-refractivity contribution in [3.8, 4) is 0 Å². The number of aliphatic hydroxyl groups is 1. The monoisotopic (exact) mass is 251 g/mol. The van der Waals surface area contributed by atoms with Crippen LogP contribution in [-0.4, -0.2) is 48.8 Å². The molecule has 1 saturated carbocycles. The maximum atomic E-state index is 12.3. The molecule has 1 aliphatic heterocycles. The van der Waals surface area contributed by atoms with E-state index in [1.54, 1.807) is 11.7 Å². The number of tetrazole rings is 1. The van der Waals surface area contributed by atoms with Gasteiger partial charge in [-0.15, -0.1) is 5.10 Å². The minimum absolute atomic E-state index is 0.0141. The van der Waals surface area contributed by atoms with Crippen LogP contribution in [0.15, 0.2) is 0 Å². The second kappa shape index (κ2) is 4.31. The number of amides is 1. The van der Waals surface area contributed by atoms with Crippen molar-refractivity contribution in [3.63, 3.8) is 0 Å². The van der Waals surface area contributed by atoms with Gasteiger partial charge in [-0.2, -0.15) is 0 Å². The molecular formula is C11H17N5O2. The fraction of sp³-hybridized carbons (Fsp3) is 0.818. The zero-order valence-corrected chi connectivity index (χ0v) is 10.4. The molecule has 3 rings (SSSR count). The first-order valence-electron chi connectivity index (χ1n) is 6.37. The number of carbonyl (C=O) groups excluding carboxylic acids is 1. The van der Waals surface area contributed by atoms with Gasteiger partial charge >= 0.3 is 0 Å². The molecule has 1 amide bonds. The van der Waals surface area contributed by atoms with Crippen molar-refractivity contribution in [1.82, 2.24) is 25.1 Å². The van der Waals surface area contributed by atoms with E-state index in [1.165, 1.54) is 0 Å². The highest BCUT2D eigenvalue weighted by molar-refractivity contribution is 5.82. The third-order valence-corrected chi connectivity index (χ3v) is 3.85. The molecule has 7 heteroatoms. The molecule has 2 fully saturated rings. The van der Waals surface area contributed by atoms with E-state index in [1.807, 2.05) is 4.90 Å². The normalized spacial score (nSPS) is 27.8. The molecular weight excluding hydrogens is 234 g/mol. The molecule has 2 atom stereocenters. The first kappa shape index (κ1) is 11.6. The lowest BCUT2D eigenvalue weighted by molar-refractivity contribution is -0.136. The van der Waals surface area contributed by atoms with E-state index in [4.69, 9.17) is 0 Å². The van der Waals surface area contributed by atoms with Crippen LogP contribution in [0.5, 0.6) is 0 Å². The molecule has 98 valence electrons. The lowest BCUT2D eigenvalue weighted by Gasteiger charge is -2.28. The minimum Gasteiger partial charge on any atom is -0.394 e. The van der Waals surface area contributed by atoms with Gasteiger partial charge in [0.2, 0.25) is 5.91 Å². The third kappa shape index (κ3) is 1.78. The van der Waals surface area contributed by atoms with E-state index in [0.29, 0.717) is 5.82 Å². The summed E-state index contributed by atoms with van der Waals surface area (Å²) < 4.78 is 1.61. The molecule has 0 radical (unpaired) electrons. The van der Waals surface area contributed by atoms with Crippen molar-refractivity contribution < 1.29 is 9.90 Å². The largest absolute Gasteiger partial charge is 0.394 e. The average Bonchev–Trinajstić information content (AvgIpc) is 3.00. The number of carbonyl (C=O) groups is 1. The van der Waals surface area contributed by atoms with Crippen molar-refractivity contribution >= 4 is 5.91 Å². The zero-order valence-electron chi connectivity index (χ0n) is 10.4. The molecule has 2 aliphatic rings. The Morgan fingerprint density at radius 2 is 2.17 bits per heavy atom. The van der Waals surface area contributed by atoms with Gasteiger partial charge in [-0.25, -0.2) is 4.68 Å². The Labute approximate surface area is 105 Å². The SMILES string of the molecule is Cn1nnnc1[C@H]1CC[C@@H](CO)N1C(=O)C1CC1. The molecule has 1 aromatic rings. The lowest BCUT2D eigenvalue weighted by atomic mass is 10.2. The summed E-state index contributed by atoms with van der Waals surface area (Å²) in [6.45, 7) is 0.0141. The maximum absolute atomic E-state index is 12.3. The van der Waals surface area contributed by atoms with Crippen LogP contribution in [0.4, 0.5) is 0 Å². The molecule has 18 heavy (non-hydrogen) atoms. The number of hydrogen-bond donors (Lipinski definition) is 1. The van der Waals surface area contributed by atoms with Crippen LogP contribution >= 0.6 is 0 Å². The molecule has 0 unspecified atom stereocenters. The van der Waals surface area contributed by atoms with Gasteiger partial charge in [0, 0.05) is 13.0 Å². The molecule has 0 spiro atoms. The summed E-state index contributed by atoms with van der Waals surface area (Å²) in [6.07, 6.45) is 3.57. The van der Waals surface area contributed by atoms with E-state index in [0.717, 1.165) is 25.7 Å². The van der Waals surface area contributed by atoms with Crippen LogP contribution in [0.25, 0.3) is 0 Å². The number of hydrogen-bond acceptors (Lipinski definition) is 5. The highest BCUT2D eigenvalue weighted by atomic mass is 16.3. The van der Waals surface area contributed by atoms with Crippen molar-refractivity contribution in [2.75, 3.05) is 6.61 Å². The smallest absolute Gasteiger partial charge is 0.226 e. The van der Waals surface area contributed by atoms with Crippen molar-refractivity contribution in [3.05, 3.63) is 5.82 Å². The van der Waals surface area contributed by atoms with Gasteiger partial charge in [0.05, 0.1) is 18.7 Å². The second-order valence-corrected chi connectivity index (χ2v) is 5.11. The average molecular weight is 251 g/mol. The molecule has 0 aromatic carbocycles. The number of aromatic nitrogens is 4. The number of likely N-dealkylation sites (tertiary alicyclic amines) is 1. The fourth-order valence-electron chi connectivity index (χ4n) is 2.71. The Kier molecular flexibility index (Phi) is 2.77. The Hall–Kier alpha value is -1.50. The van der Waals surface area contributed by atoms with Gasteiger partial charge in [-0.05, 0) is 36.1 Å². The number of rotatable bonds is 3. The summed E-state index contributed by atoms with van der Waals surface area (Å²) in [6, 6.07) is -0.171. The van der Waals surface area contributed by atoms with Gasteiger partial charge < -0.3 is 10.0 Å². The number of aliphatic hydroxyl groups excluding tert-OH is 1. The topological polar surface area (TPSA) is 84.1 Å². The zero-order chi connectivity index (χ0) is 12.7. The van der Waals surface area contributed by atoms with Gasteiger partial charge in [0.1, 0.15) is 0 Å². The van der Waals surface area contributed by atoms with Crippen molar-refractivity contribution in [2.45, 2.75) is 37.8 Å². The molecule has 0 bridgehead atoms. The molecule has 1 aromatic heterocycles. The fourth-order valence-corrected chi connectivity index (χ4v) is 2.71. The first-order chi connectivity index (χ1) is 8.72. The van der Waals surface area contributed by atoms with Crippen LogP contribution in [-0.2, 0) is 11.8 Å². The maximum Gasteiger partial charge on any atom is 0.226 e. The quantitative estimate of drug-likeness (QED) is 0.793. The Balaban J connectivity index is 1.88. The Morgan fingerprint density at radius 3 is 2.72 bits per heavy atom. The summed E-state index contributed by atoms with van der Waals surface area (Å²) in [4.78, 5) is 14.1. The standard InChI is InChI=1S/C11H17N5O2/c1-15-10(12-13-14-15)9-5-4-8(6-17)16(9)11(18)7-2-3-7/h7-9,17H,2-6H2,1H3/t8-,9+/m0/s1. The predicted molar refractivity (Wildman–Crippen MR) is 61.2 cm³/mol. The van der Waals surface area contributed by atoms with E-state index in [-0.39, 0.29) is 30.5 Å². The summed E-state index contributed by atoms with van der Waals surface area (Å²) in [5, 5.41) is 20.9. The first-order valence-corrected chi connectivity index (χ1v) is 6.37.